The number of aromatic nitrogens is 2. The van der Waals surface area contributed by atoms with Gasteiger partial charge in [0.1, 0.15) is 16.0 Å². The maximum Gasteiger partial charge on any atom is 0.416 e. The number of aryl methyl sites for hydroxylation is 1. The highest BCUT2D eigenvalue weighted by Crippen LogP contribution is 2.33. The molecule has 0 spiro atoms. The molecular weight excluding hydrogens is 473 g/mol. The number of rotatable bonds is 5. The van der Waals surface area contributed by atoms with Crippen molar-refractivity contribution in [2.24, 2.45) is 7.05 Å². The van der Waals surface area contributed by atoms with Gasteiger partial charge in [-0.2, -0.15) is 18.3 Å². The second-order valence-corrected chi connectivity index (χ2v) is 6.69. The first-order valence-corrected chi connectivity index (χ1v) is 8.92. The fraction of sp³-hybridized carbons (Fsp3) is 0.111. The van der Waals surface area contributed by atoms with Crippen LogP contribution in [0.2, 0.25) is 0 Å². The topological polar surface area (TPSA) is 127 Å². The van der Waals surface area contributed by atoms with Crippen molar-refractivity contribution >= 4 is 33.3 Å². The number of carbonyl (C=O) groups excluding carboxylic acids is 1. The molecule has 0 aliphatic heterocycles. The number of ether oxygens (including phenoxy) is 1. The van der Waals surface area contributed by atoms with Gasteiger partial charge in [0.05, 0.1) is 5.56 Å². The molecule has 0 saturated carbocycles. The highest BCUT2D eigenvalue weighted by atomic mass is 79.9. The molecule has 0 aliphatic carbocycles. The minimum atomic E-state index is -4.46. The van der Waals surface area contributed by atoms with Gasteiger partial charge < -0.3 is 26.2 Å². The SMILES string of the molecule is Cn1nc(C(=O)Nc2ccc(Oc3cccc(C(F)(F)F)c3)cc2)c(Br)c1[NH2+][O-].O. The van der Waals surface area contributed by atoms with Crippen LogP contribution in [0.1, 0.15) is 16.1 Å². The Bertz CT molecular complexity index is 1040. The van der Waals surface area contributed by atoms with E-state index in [0.717, 1.165) is 12.1 Å². The molecule has 0 fully saturated rings. The standard InChI is InChI=1S/C18H14BrF3N4O3.H2O/c1-26-16(25-28)14(19)15(24-26)17(27)23-11-5-7-12(8-6-11)29-13-4-2-3-10(9-13)18(20,21)22;/h2-9H,25H2,1H3,(H,23,27);1H2. The van der Waals surface area contributed by atoms with Crippen molar-refractivity contribution in [2.45, 2.75) is 6.18 Å². The number of anilines is 1. The van der Waals surface area contributed by atoms with Crippen LogP contribution in [0.15, 0.2) is 53.0 Å². The Balaban J connectivity index is 0.00000320. The summed E-state index contributed by atoms with van der Waals surface area (Å²) in [6.07, 6.45) is -4.46. The maximum absolute atomic E-state index is 12.8. The third-order valence-electron chi connectivity index (χ3n) is 3.87. The van der Waals surface area contributed by atoms with Crippen LogP contribution in [0.4, 0.5) is 24.7 Å². The molecule has 1 heterocycles. The smallest absolute Gasteiger partial charge is 0.416 e. The predicted molar refractivity (Wildman–Crippen MR) is 105 cm³/mol. The molecule has 30 heavy (non-hydrogen) atoms. The van der Waals surface area contributed by atoms with E-state index in [4.69, 9.17) is 4.74 Å². The zero-order valence-electron chi connectivity index (χ0n) is 15.3. The quantitative estimate of drug-likeness (QED) is 0.534. The third-order valence-corrected chi connectivity index (χ3v) is 4.65. The third kappa shape index (κ3) is 5.16. The zero-order valence-corrected chi connectivity index (χ0v) is 16.9. The molecule has 1 aromatic heterocycles. The van der Waals surface area contributed by atoms with Gasteiger partial charge in [-0.05, 0) is 58.4 Å². The van der Waals surface area contributed by atoms with Crippen molar-refractivity contribution in [2.75, 3.05) is 5.32 Å². The van der Waals surface area contributed by atoms with Crippen molar-refractivity contribution < 1.29 is 33.7 Å². The number of quaternary nitrogens is 1. The van der Waals surface area contributed by atoms with Gasteiger partial charge in [0.15, 0.2) is 5.69 Å². The molecule has 0 radical (unpaired) electrons. The number of halogens is 4. The minimum Gasteiger partial charge on any atom is -0.629 e. The monoisotopic (exact) mass is 488 g/mol. The number of hydrogen-bond donors (Lipinski definition) is 2. The van der Waals surface area contributed by atoms with Gasteiger partial charge in [0, 0.05) is 12.7 Å². The number of benzene rings is 2. The molecular formula is C18H16BrF3N4O4. The van der Waals surface area contributed by atoms with Crippen LogP contribution in [-0.4, -0.2) is 21.2 Å². The van der Waals surface area contributed by atoms with Crippen LogP contribution in [0.25, 0.3) is 0 Å². The van der Waals surface area contributed by atoms with E-state index < -0.39 is 17.6 Å². The summed E-state index contributed by atoms with van der Waals surface area (Å²) < 4.78 is 45.3. The van der Waals surface area contributed by atoms with Crippen molar-refractivity contribution in [3.05, 3.63) is 69.5 Å². The summed E-state index contributed by atoms with van der Waals surface area (Å²) in [5, 5.41) is 17.6. The van der Waals surface area contributed by atoms with Crippen LogP contribution in [0.3, 0.4) is 0 Å². The number of alkyl halides is 3. The van der Waals surface area contributed by atoms with Crippen LogP contribution in [0.5, 0.6) is 11.5 Å². The van der Waals surface area contributed by atoms with Crippen LogP contribution in [-0.2, 0) is 13.2 Å². The first-order valence-electron chi connectivity index (χ1n) is 8.13. The molecule has 1 amide bonds. The van der Waals surface area contributed by atoms with E-state index in [9.17, 15) is 23.2 Å². The summed E-state index contributed by atoms with van der Waals surface area (Å²) in [5.74, 6) is 0.0205. The average Bonchev–Trinajstić information content (AvgIpc) is 2.96. The van der Waals surface area contributed by atoms with E-state index in [1.54, 1.807) is 0 Å². The average molecular weight is 489 g/mol. The van der Waals surface area contributed by atoms with Gasteiger partial charge >= 0.3 is 6.18 Å². The van der Waals surface area contributed by atoms with Crippen molar-refractivity contribution in [3.63, 3.8) is 0 Å². The summed E-state index contributed by atoms with van der Waals surface area (Å²) in [6, 6.07) is 10.6. The van der Waals surface area contributed by atoms with Crippen LogP contribution < -0.4 is 15.5 Å². The number of amides is 1. The lowest BCUT2D eigenvalue weighted by Gasteiger charge is -2.10. The Kier molecular flexibility index (Phi) is 7.21. The summed E-state index contributed by atoms with van der Waals surface area (Å²) in [7, 11) is 1.53. The summed E-state index contributed by atoms with van der Waals surface area (Å²) in [5.41, 5.74) is 0.221. The highest BCUT2D eigenvalue weighted by molar-refractivity contribution is 9.10. The molecule has 8 nitrogen and oxygen atoms in total. The lowest BCUT2D eigenvalue weighted by atomic mass is 10.2. The Morgan fingerprint density at radius 3 is 2.43 bits per heavy atom. The Labute approximate surface area is 176 Å². The summed E-state index contributed by atoms with van der Waals surface area (Å²) in [4.78, 5) is 12.4. The zero-order chi connectivity index (χ0) is 21.2. The molecule has 0 aliphatic rings. The fourth-order valence-corrected chi connectivity index (χ4v) is 3.06. The lowest BCUT2D eigenvalue weighted by molar-refractivity contribution is -0.504. The molecule has 0 atom stereocenters. The molecule has 2 aromatic carbocycles. The molecule has 12 heteroatoms. The van der Waals surface area contributed by atoms with Crippen molar-refractivity contribution in [1.82, 2.24) is 9.78 Å². The summed E-state index contributed by atoms with van der Waals surface area (Å²) in [6.45, 7) is 0. The van der Waals surface area contributed by atoms with Gasteiger partial charge in [-0.1, -0.05) is 6.07 Å². The van der Waals surface area contributed by atoms with E-state index in [1.807, 2.05) is 0 Å². The second-order valence-electron chi connectivity index (χ2n) is 5.90. The molecule has 0 saturated heterocycles. The Morgan fingerprint density at radius 1 is 1.20 bits per heavy atom. The highest BCUT2D eigenvalue weighted by Gasteiger charge is 2.30. The number of hydrogen-bond acceptors (Lipinski definition) is 4. The molecule has 3 aromatic rings. The van der Waals surface area contributed by atoms with Gasteiger partial charge in [-0.15, -0.1) is 0 Å². The molecule has 0 unspecified atom stereocenters. The molecule has 160 valence electrons. The van der Waals surface area contributed by atoms with Crippen molar-refractivity contribution in [3.8, 4) is 11.5 Å². The van der Waals surface area contributed by atoms with Crippen LogP contribution >= 0.6 is 15.9 Å². The molecule has 3 rings (SSSR count). The second kappa shape index (κ2) is 9.26. The first-order chi connectivity index (χ1) is 13.7. The summed E-state index contributed by atoms with van der Waals surface area (Å²) >= 11 is 3.17. The molecule has 5 N–H and O–H groups in total. The Morgan fingerprint density at radius 2 is 1.87 bits per heavy atom. The largest absolute Gasteiger partial charge is 0.629 e. The number of carbonyl (C=O) groups is 1. The minimum absolute atomic E-state index is 0. The predicted octanol–water partition coefficient (Wildman–Crippen LogP) is 3.11. The first kappa shape index (κ1) is 23.3. The number of nitrogens with one attached hydrogen (secondary N) is 1. The maximum atomic E-state index is 12.8. The van der Waals surface area contributed by atoms with Gasteiger partial charge in [-0.3, -0.25) is 4.79 Å². The molecule has 0 bridgehead atoms. The fourth-order valence-electron chi connectivity index (χ4n) is 2.45. The number of nitrogens with two attached hydrogens (primary N) is 1. The van der Waals surface area contributed by atoms with E-state index in [0.29, 0.717) is 16.9 Å². The van der Waals surface area contributed by atoms with Gasteiger partial charge in [0.2, 0.25) is 5.82 Å². The normalized spacial score (nSPS) is 11.0. The number of nitrogens with zero attached hydrogens (tertiary/aromatic N) is 2. The Hall–Kier alpha value is -2.93. The van der Waals surface area contributed by atoms with Gasteiger partial charge in [0.25, 0.3) is 5.91 Å². The van der Waals surface area contributed by atoms with Gasteiger partial charge in [-0.25, -0.2) is 4.68 Å². The van der Waals surface area contributed by atoms with E-state index in [1.165, 1.54) is 48.1 Å². The van der Waals surface area contributed by atoms with E-state index >= 15 is 0 Å². The van der Waals surface area contributed by atoms with Crippen LogP contribution in [0, 0.1) is 5.21 Å². The van der Waals surface area contributed by atoms with E-state index in [-0.39, 0.29) is 27.2 Å². The lowest BCUT2D eigenvalue weighted by Crippen LogP contribution is -2.71. The van der Waals surface area contributed by atoms with E-state index in [2.05, 4.69) is 26.3 Å². The van der Waals surface area contributed by atoms with Crippen molar-refractivity contribution in [1.29, 1.82) is 0 Å².